The summed E-state index contributed by atoms with van der Waals surface area (Å²) in [6, 6.07) is 6.12. The highest BCUT2D eigenvalue weighted by molar-refractivity contribution is 7.13. The Morgan fingerprint density at radius 1 is 1.29 bits per heavy atom. The van der Waals surface area contributed by atoms with Gasteiger partial charge in [0.15, 0.2) is 0 Å². The summed E-state index contributed by atoms with van der Waals surface area (Å²) in [7, 11) is 0. The molecule has 3 atom stereocenters. The monoisotopic (exact) mass is 541 g/mol. The van der Waals surface area contributed by atoms with Crippen LogP contribution in [0.4, 0.5) is 0 Å². The lowest BCUT2D eigenvalue weighted by molar-refractivity contribution is -0.144. The van der Waals surface area contributed by atoms with Gasteiger partial charge in [-0.1, -0.05) is 50.2 Å². The number of likely N-dealkylation sites (tertiary alicyclic amines) is 1. The molecule has 1 aromatic heterocycles. The minimum absolute atomic E-state index is 0.0130. The molecular weight excluding hydrogens is 506 g/mol. The molecule has 0 aliphatic carbocycles. The quantitative estimate of drug-likeness (QED) is 0.182. The second-order valence-electron chi connectivity index (χ2n) is 10.5. The van der Waals surface area contributed by atoms with Crippen molar-refractivity contribution in [1.82, 2.24) is 20.5 Å². The van der Waals surface area contributed by atoms with E-state index in [1.54, 1.807) is 11.3 Å². The Morgan fingerprint density at radius 2 is 2.00 bits per heavy atom. The lowest BCUT2D eigenvalue weighted by Gasteiger charge is -2.35. The molecule has 1 fully saturated rings. The third-order valence-corrected chi connectivity index (χ3v) is 7.41. The fourth-order valence-corrected chi connectivity index (χ4v) is 5.18. The molecular formula is C26H35N7O4S. The number of nitrogens with zero attached hydrogens (tertiary/aromatic N) is 5. The Hall–Kier alpha value is -3.47. The number of azide groups is 1. The standard InChI is InChI=1S/C26H35N7O4S/c1-16-22(38-15-29-16)18-9-7-17(8-10-18)13-28-24(36)20-12-19(34)14-33(20)25(37)23(26(2,3)4)31-21(35)6-5-11-30-32-27/h7-10,15,19-20,23,34H,5-6,11-14H2,1-4H3,(H,28,36)(H,31,35). The van der Waals surface area contributed by atoms with Gasteiger partial charge in [-0.25, -0.2) is 4.98 Å². The first kappa shape index (κ1) is 29.1. The molecule has 38 heavy (non-hydrogen) atoms. The molecule has 3 amide bonds. The van der Waals surface area contributed by atoms with E-state index in [0.717, 1.165) is 21.7 Å². The number of amides is 3. The highest BCUT2D eigenvalue weighted by Crippen LogP contribution is 2.28. The van der Waals surface area contributed by atoms with Crippen LogP contribution in [0.5, 0.6) is 0 Å². The highest BCUT2D eigenvalue weighted by atomic mass is 32.1. The number of β-amino-alcohol motifs (C(OH)–C–C–N with tert-alkyl or cyclic N) is 1. The molecule has 204 valence electrons. The number of hydrogen-bond donors (Lipinski definition) is 3. The SMILES string of the molecule is Cc1ncsc1-c1ccc(CNC(=O)C2CC(O)CN2C(=O)C(NC(=O)CCCN=[N+]=[N-])C(C)(C)C)cc1. The summed E-state index contributed by atoms with van der Waals surface area (Å²) in [4.78, 5) is 48.6. The van der Waals surface area contributed by atoms with E-state index in [1.807, 2.05) is 57.5 Å². The minimum Gasteiger partial charge on any atom is -0.391 e. The summed E-state index contributed by atoms with van der Waals surface area (Å²) >= 11 is 1.57. The molecule has 0 bridgehead atoms. The fraction of sp³-hybridized carbons (Fsp3) is 0.538. The molecule has 1 aromatic carbocycles. The average molecular weight is 542 g/mol. The molecule has 3 unspecified atom stereocenters. The van der Waals surface area contributed by atoms with Gasteiger partial charge in [-0.05, 0) is 35.4 Å². The maximum absolute atomic E-state index is 13.6. The van der Waals surface area contributed by atoms with Crippen molar-refractivity contribution >= 4 is 29.1 Å². The van der Waals surface area contributed by atoms with E-state index in [1.165, 1.54) is 4.90 Å². The number of rotatable bonds is 10. The average Bonchev–Trinajstić information content (AvgIpc) is 3.48. The first-order valence-electron chi connectivity index (χ1n) is 12.6. The maximum atomic E-state index is 13.6. The molecule has 12 heteroatoms. The molecule has 2 aromatic rings. The Labute approximate surface area is 226 Å². The molecule has 3 rings (SSSR count). The number of aromatic nitrogens is 1. The van der Waals surface area contributed by atoms with E-state index in [0.29, 0.717) is 6.42 Å². The Kier molecular flexibility index (Phi) is 9.84. The van der Waals surface area contributed by atoms with Gasteiger partial charge in [-0.2, -0.15) is 0 Å². The van der Waals surface area contributed by atoms with Crippen molar-refractivity contribution in [3.8, 4) is 10.4 Å². The first-order valence-corrected chi connectivity index (χ1v) is 13.4. The number of aliphatic hydroxyl groups excluding tert-OH is 1. The van der Waals surface area contributed by atoms with E-state index in [4.69, 9.17) is 5.53 Å². The van der Waals surface area contributed by atoms with Gasteiger partial charge in [-0.15, -0.1) is 11.3 Å². The third-order valence-electron chi connectivity index (χ3n) is 6.44. The zero-order valence-corrected chi connectivity index (χ0v) is 23.0. The number of aryl methyl sites for hydroxylation is 1. The van der Waals surface area contributed by atoms with E-state index < -0.39 is 29.5 Å². The van der Waals surface area contributed by atoms with Crippen molar-refractivity contribution in [3.05, 3.63) is 51.5 Å². The molecule has 1 aliphatic rings. The normalized spacial score (nSPS) is 18.0. The highest BCUT2D eigenvalue weighted by Gasteiger charge is 2.44. The third kappa shape index (κ3) is 7.53. The van der Waals surface area contributed by atoms with Crippen molar-refractivity contribution in [1.29, 1.82) is 0 Å². The van der Waals surface area contributed by atoms with Gasteiger partial charge >= 0.3 is 0 Å². The molecule has 1 aliphatic heterocycles. The first-order chi connectivity index (χ1) is 18.0. The summed E-state index contributed by atoms with van der Waals surface area (Å²) < 4.78 is 0. The predicted molar refractivity (Wildman–Crippen MR) is 145 cm³/mol. The van der Waals surface area contributed by atoms with E-state index in [2.05, 4.69) is 25.6 Å². The van der Waals surface area contributed by atoms with Crippen molar-refractivity contribution in [2.75, 3.05) is 13.1 Å². The smallest absolute Gasteiger partial charge is 0.246 e. The second kappa shape index (κ2) is 12.9. The van der Waals surface area contributed by atoms with E-state index in [-0.39, 0.29) is 44.3 Å². The molecule has 0 spiro atoms. The number of carbonyl (C=O) groups excluding carboxylic acids is 3. The predicted octanol–water partition coefficient (Wildman–Crippen LogP) is 3.32. The van der Waals surface area contributed by atoms with Crippen molar-refractivity contribution < 1.29 is 19.5 Å². The number of hydrogen-bond acceptors (Lipinski definition) is 7. The van der Waals surface area contributed by atoms with Crippen LogP contribution in [0.1, 0.15) is 51.3 Å². The number of aliphatic hydroxyl groups is 1. The Morgan fingerprint density at radius 3 is 2.61 bits per heavy atom. The molecule has 2 heterocycles. The van der Waals surface area contributed by atoms with Crippen LogP contribution in [0.15, 0.2) is 34.9 Å². The molecule has 0 saturated carbocycles. The van der Waals surface area contributed by atoms with Crippen LogP contribution in [0.3, 0.4) is 0 Å². The van der Waals surface area contributed by atoms with Crippen LogP contribution in [-0.4, -0.2) is 64.0 Å². The van der Waals surface area contributed by atoms with Crippen molar-refractivity contribution in [2.24, 2.45) is 10.5 Å². The topological polar surface area (TPSA) is 160 Å². The van der Waals surface area contributed by atoms with E-state index in [9.17, 15) is 19.5 Å². The van der Waals surface area contributed by atoms with Gasteiger partial charge in [-0.3, -0.25) is 14.4 Å². The number of thiazole rings is 1. The van der Waals surface area contributed by atoms with Gasteiger partial charge in [0.1, 0.15) is 12.1 Å². The maximum Gasteiger partial charge on any atom is 0.246 e. The Balaban J connectivity index is 1.64. The Bertz CT molecular complexity index is 1180. The zero-order valence-electron chi connectivity index (χ0n) is 22.2. The van der Waals surface area contributed by atoms with Crippen LogP contribution in [0.2, 0.25) is 0 Å². The van der Waals surface area contributed by atoms with Gasteiger partial charge in [0.05, 0.1) is 22.2 Å². The summed E-state index contributed by atoms with van der Waals surface area (Å²) in [5, 5.41) is 19.4. The number of benzene rings is 1. The molecule has 11 nitrogen and oxygen atoms in total. The molecule has 1 saturated heterocycles. The summed E-state index contributed by atoms with van der Waals surface area (Å²) in [6.45, 7) is 7.93. The van der Waals surface area contributed by atoms with Gasteiger partial charge in [0, 0.05) is 37.4 Å². The molecule has 3 N–H and O–H groups in total. The lowest BCUT2D eigenvalue weighted by Crippen LogP contribution is -2.57. The van der Waals surface area contributed by atoms with Crippen LogP contribution >= 0.6 is 11.3 Å². The second-order valence-corrected chi connectivity index (χ2v) is 11.4. The fourth-order valence-electron chi connectivity index (χ4n) is 4.37. The van der Waals surface area contributed by atoms with Crippen LogP contribution in [0.25, 0.3) is 20.9 Å². The van der Waals surface area contributed by atoms with Gasteiger partial charge < -0.3 is 20.6 Å². The minimum atomic E-state index is -0.891. The summed E-state index contributed by atoms with van der Waals surface area (Å²) in [5.41, 5.74) is 12.5. The molecule has 0 radical (unpaired) electrons. The number of carbonyl (C=O) groups is 3. The van der Waals surface area contributed by atoms with Gasteiger partial charge in [0.25, 0.3) is 0 Å². The lowest BCUT2D eigenvalue weighted by atomic mass is 9.85. The summed E-state index contributed by atoms with van der Waals surface area (Å²) in [6.07, 6.45) is -0.249. The number of nitrogens with one attached hydrogen (secondary N) is 2. The van der Waals surface area contributed by atoms with Crippen LogP contribution in [-0.2, 0) is 20.9 Å². The largest absolute Gasteiger partial charge is 0.391 e. The van der Waals surface area contributed by atoms with E-state index >= 15 is 0 Å². The van der Waals surface area contributed by atoms with Crippen LogP contribution < -0.4 is 10.6 Å². The van der Waals surface area contributed by atoms with Gasteiger partial charge in [0.2, 0.25) is 17.7 Å². The summed E-state index contributed by atoms with van der Waals surface area (Å²) in [5.74, 6) is -1.11. The zero-order chi connectivity index (χ0) is 27.9. The van der Waals surface area contributed by atoms with Crippen molar-refractivity contribution in [3.63, 3.8) is 0 Å². The van der Waals surface area contributed by atoms with Crippen molar-refractivity contribution in [2.45, 2.75) is 71.7 Å². The van der Waals surface area contributed by atoms with Crippen LogP contribution in [0, 0.1) is 12.3 Å².